The van der Waals surface area contributed by atoms with E-state index in [0.717, 1.165) is 25.1 Å². The van der Waals surface area contributed by atoms with Gasteiger partial charge in [0.15, 0.2) is 11.6 Å². The first-order valence-corrected chi connectivity index (χ1v) is 6.11. The minimum Gasteiger partial charge on any atom is -0.494 e. The smallest absolute Gasteiger partial charge is 0.165 e. The molecule has 0 bridgehead atoms. The largest absolute Gasteiger partial charge is 0.494 e. The van der Waals surface area contributed by atoms with Crippen molar-refractivity contribution in [2.75, 3.05) is 26.9 Å². The molecule has 4 nitrogen and oxygen atoms in total. The van der Waals surface area contributed by atoms with E-state index < -0.39 is 0 Å². The summed E-state index contributed by atoms with van der Waals surface area (Å²) in [7, 11) is 1.45. The summed E-state index contributed by atoms with van der Waals surface area (Å²) in [5, 5.41) is 3.33. The molecule has 0 aromatic heterocycles. The minimum absolute atomic E-state index is 0.204. The zero-order chi connectivity index (χ0) is 13.0. The number of benzene rings is 1. The molecule has 5 heteroatoms. The van der Waals surface area contributed by atoms with Crippen LogP contribution in [0.3, 0.4) is 0 Å². The van der Waals surface area contributed by atoms with Gasteiger partial charge in [0, 0.05) is 18.6 Å². The summed E-state index contributed by atoms with van der Waals surface area (Å²) in [6.45, 7) is 2.24. The van der Waals surface area contributed by atoms with E-state index in [1.807, 2.05) is 0 Å². The van der Waals surface area contributed by atoms with Crippen LogP contribution in [0.4, 0.5) is 4.39 Å². The van der Waals surface area contributed by atoms with Crippen molar-refractivity contribution in [3.63, 3.8) is 0 Å². The molecule has 1 aromatic rings. The number of nitrogens with two attached hydrogens (primary N) is 1. The predicted octanol–water partition coefficient (Wildman–Crippen LogP) is 1.21. The molecule has 0 saturated carbocycles. The lowest BCUT2D eigenvalue weighted by atomic mass is 9.99. The monoisotopic (exact) mass is 254 g/mol. The molecule has 0 spiro atoms. The van der Waals surface area contributed by atoms with Gasteiger partial charge in [0.1, 0.15) is 0 Å². The van der Waals surface area contributed by atoms with Gasteiger partial charge in [0.2, 0.25) is 0 Å². The first kappa shape index (κ1) is 13.3. The van der Waals surface area contributed by atoms with Gasteiger partial charge in [-0.1, -0.05) is 6.07 Å². The highest BCUT2D eigenvalue weighted by Crippen LogP contribution is 2.23. The first-order valence-electron chi connectivity index (χ1n) is 6.11. The van der Waals surface area contributed by atoms with Gasteiger partial charge in [-0.15, -0.1) is 0 Å². The third kappa shape index (κ3) is 3.19. The highest BCUT2D eigenvalue weighted by molar-refractivity contribution is 5.31. The molecular weight excluding hydrogens is 235 g/mol. The molecule has 2 atom stereocenters. The predicted molar refractivity (Wildman–Crippen MR) is 67.1 cm³/mol. The molecule has 0 aliphatic carbocycles. The van der Waals surface area contributed by atoms with E-state index in [1.54, 1.807) is 12.1 Å². The number of hydrogen-bond acceptors (Lipinski definition) is 4. The van der Waals surface area contributed by atoms with Crippen LogP contribution in [0.5, 0.6) is 5.75 Å². The molecule has 18 heavy (non-hydrogen) atoms. The SMILES string of the molecule is COc1ccc(C(N)CC2COCCN2)cc1F. The summed E-state index contributed by atoms with van der Waals surface area (Å²) in [6, 6.07) is 4.88. The Labute approximate surface area is 106 Å². The lowest BCUT2D eigenvalue weighted by Crippen LogP contribution is -2.42. The maximum atomic E-state index is 13.6. The molecular formula is C13H19FN2O2. The van der Waals surface area contributed by atoms with Crippen LogP contribution >= 0.6 is 0 Å². The van der Waals surface area contributed by atoms with Gasteiger partial charge >= 0.3 is 0 Å². The van der Waals surface area contributed by atoms with Gasteiger partial charge < -0.3 is 20.5 Å². The number of methoxy groups -OCH3 is 1. The number of rotatable bonds is 4. The summed E-state index contributed by atoms with van der Waals surface area (Å²) < 4.78 is 23.8. The molecule has 0 radical (unpaired) electrons. The van der Waals surface area contributed by atoms with E-state index in [2.05, 4.69) is 5.32 Å². The molecule has 100 valence electrons. The van der Waals surface area contributed by atoms with Crippen molar-refractivity contribution in [2.45, 2.75) is 18.5 Å². The first-order chi connectivity index (χ1) is 8.70. The Morgan fingerprint density at radius 1 is 1.61 bits per heavy atom. The Kier molecular flexibility index (Phi) is 4.52. The third-order valence-corrected chi connectivity index (χ3v) is 3.14. The van der Waals surface area contributed by atoms with Crippen LogP contribution in [-0.2, 0) is 4.74 Å². The third-order valence-electron chi connectivity index (χ3n) is 3.14. The van der Waals surface area contributed by atoms with Crippen molar-refractivity contribution in [1.82, 2.24) is 5.32 Å². The fourth-order valence-corrected chi connectivity index (χ4v) is 2.13. The van der Waals surface area contributed by atoms with Gasteiger partial charge in [0.25, 0.3) is 0 Å². The molecule has 1 saturated heterocycles. The summed E-state index contributed by atoms with van der Waals surface area (Å²) in [6.07, 6.45) is 0.728. The van der Waals surface area contributed by atoms with Crippen molar-refractivity contribution in [2.24, 2.45) is 5.73 Å². The fourth-order valence-electron chi connectivity index (χ4n) is 2.13. The average Bonchev–Trinajstić information content (AvgIpc) is 2.39. The second kappa shape index (κ2) is 6.13. The lowest BCUT2D eigenvalue weighted by Gasteiger charge is -2.26. The molecule has 1 aromatic carbocycles. The molecule has 1 aliphatic heterocycles. The van der Waals surface area contributed by atoms with Crippen molar-refractivity contribution in [1.29, 1.82) is 0 Å². The van der Waals surface area contributed by atoms with Crippen molar-refractivity contribution in [3.05, 3.63) is 29.6 Å². The molecule has 2 unspecified atom stereocenters. The summed E-state index contributed by atoms with van der Waals surface area (Å²) in [5.41, 5.74) is 6.86. The molecule has 2 rings (SSSR count). The zero-order valence-corrected chi connectivity index (χ0v) is 10.5. The highest BCUT2D eigenvalue weighted by atomic mass is 19.1. The molecule has 0 amide bonds. The summed E-state index contributed by atoms with van der Waals surface area (Å²) >= 11 is 0. The van der Waals surface area contributed by atoms with E-state index in [1.165, 1.54) is 13.2 Å². The number of morpholine rings is 1. The van der Waals surface area contributed by atoms with Crippen LogP contribution in [0.25, 0.3) is 0 Å². The van der Waals surface area contributed by atoms with Crippen LogP contribution < -0.4 is 15.8 Å². The zero-order valence-electron chi connectivity index (χ0n) is 10.5. The Balaban J connectivity index is 1.99. The van der Waals surface area contributed by atoms with Crippen molar-refractivity contribution in [3.8, 4) is 5.75 Å². The maximum Gasteiger partial charge on any atom is 0.165 e. The van der Waals surface area contributed by atoms with Crippen molar-refractivity contribution >= 4 is 0 Å². The Morgan fingerprint density at radius 2 is 2.44 bits per heavy atom. The van der Waals surface area contributed by atoms with E-state index in [4.69, 9.17) is 15.2 Å². The molecule has 1 heterocycles. The normalized spacial score (nSPS) is 21.6. The second-order valence-corrected chi connectivity index (χ2v) is 4.46. The molecule has 1 fully saturated rings. The Bertz CT molecular complexity index is 395. The van der Waals surface area contributed by atoms with E-state index in [9.17, 15) is 4.39 Å². The van der Waals surface area contributed by atoms with Crippen LogP contribution in [-0.4, -0.2) is 32.9 Å². The number of ether oxygens (including phenoxy) is 2. The molecule has 3 N–H and O–H groups in total. The topological polar surface area (TPSA) is 56.5 Å². The highest BCUT2D eigenvalue weighted by Gasteiger charge is 2.18. The lowest BCUT2D eigenvalue weighted by molar-refractivity contribution is 0.0720. The van der Waals surface area contributed by atoms with Crippen LogP contribution in [0.1, 0.15) is 18.0 Å². The number of nitrogens with one attached hydrogen (secondary N) is 1. The van der Waals surface area contributed by atoms with Gasteiger partial charge in [-0.25, -0.2) is 4.39 Å². The van der Waals surface area contributed by atoms with Gasteiger partial charge in [-0.05, 0) is 24.1 Å². The Hall–Kier alpha value is -1.17. The standard InChI is InChI=1S/C13H19FN2O2/c1-17-13-3-2-9(6-11(13)14)12(15)7-10-8-18-5-4-16-10/h2-3,6,10,12,16H,4-5,7-8,15H2,1H3. The van der Waals surface area contributed by atoms with Crippen LogP contribution in [0.15, 0.2) is 18.2 Å². The summed E-state index contributed by atoms with van der Waals surface area (Å²) in [4.78, 5) is 0. The van der Waals surface area contributed by atoms with Crippen LogP contribution in [0, 0.1) is 5.82 Å². The van der Waals surface area contributed by atoms with E-state index in [0.29, 0.717) is 6.61 Å². The summed E-state index contributed by atoms with van der Waals surface area (Å²) in [5.74, 6) is -0.136. The average molecular weight is 254 g/mol. The van der Waals surface area contributed by atoms with E-state index >= 15 is 0 Å². The van der Waals surface area contributed by atoms with Gasteiger partial charge in [-0.3, -0.25) is 0 Å². The van der Waals surface area contributed by atoms with Crippen molar-refractivity contribution < 1.29 is 13.9 Å². The maximum absolute atomic E-state index is 13.6. The second-order valence-electron chi connectivity index (χ2n) is 4.46. The number of hydrogen-bond donors (Lipinski definition) is 2. The Morgan fingerprint density at radius 3 is 3.06 bits per heavy atom. The number of halogens is 1. The van der Waals surface area contributed by atoms with Crippen LogP contribution in [0.2, 0.25) is 0 Å². The quantitative estimate of drug-likeness (QED) is 0.848. The van der Waals surface area contributed by atoms with Gasteiger partial charge in [-0.2, -0.15) is 0 Å². The van der Waals surface area contributed by atoms with Gasteiger partial charge in [0.05, 0.1) is 20.3 Å². The fraction of sp³-hybridized carbons (Fsp3) is 0.538. The molecule has 1 aliphatic rings. The van der Waals surface area contributed by atoms with E-state index in [-0.39, 0.29) is 23.7 Å². The minimum atomic E-state index is -0.377.